The molecule has 0 aliphatic heterocycles. The number of benzene rings is 2. The van der Waals surface area contributed by atoms with E-state index in [1.807, 2.05) is 18.2 Å². The number of allylic oxidation sites excluding steroid dienone is 3. The molecular formula is C23H26O2. The van der Waals surface area contributed by atoms with E-state index in [0.717, 1.165) is 10.8 Å². The summed E-state index contributed by atoms with van der Waals surface area (Å²) in [7, 11) is 1.41. The van der Waals surface area contributed by atoms with Gasteiger partial charge in [-0.3, -0.25) is 0 Å². The molecule has 0 aromatic heterocycles. The minimum absolute atomic E-state index is 0.255. The Balaban J connectivity index is 1.91. The summed E-state index contributed by atoms with van der Waals surface area (Å²) in [5.74, 6) is -0.298. The Morgan fingerprint density at radius 3 is 2.52 bits per heavy atom. The molecule has 25 heavy (non-hydrogen) atoms. The van der Waals surface area contributed by atoms with Crippen LogP contribution in [0.1, 0.15) is 56.0 Å². The predicted molar refractivity (Wildman–Crippen MR) is 105 cm³/mol. The molecule has 2 aromatic carbocycles. The summed E-state index contributed by atoms with van der Waals surface area (Å²) in [4.78, 5) is 11.7. The second-order valence-corrected chi connectivity index (χ2v) is 7.58. The van der Waals surface area contributed by atoms with E-state index in [9.17, 15) is 4.79 Å². The summed E-state index contributed by atoms with van der Waals surface area (Å²) in [6.45, 7) is 6.93. The first-order valence-electron chi connectivity index (χ1n) is 8.91. The zero-order valence-electron chi connectivity index (χ0n) is 15.6. The molecule has 130 valence electrons. The van der Waals surface area contributed by atoms with Crippen LogP contribution in [0.25, 0.3) is 16.8 Å². The summed E-state index contributed by atoms with van der Waals surface area (Å²) in [5, 5.41) is 2.18. The number of esters is 1. The van der Waals surface area contributed by atoms with E-state index in [0.29, 0.717) is 5.56 Å². The van der Waals surface area contributed by atoms with Crippen molar-refractivity contribution in [1.29, 1.82) is 0 Å². The monoisotopic (exact) mass is 334 g/mol. The van der Waals surface area contributed by atoms with Crippen molar-refractivity contribution in [1.82, 2.24) is 0 Å². The second kappa shape index (κ2) is 6.87. The fourth-order valence-electron chi connectivity index (χ4n) is 3.80. The predicted octanol–water partition coefficient (Wildman–Crippen LogP) is 6.17. The van der Waals surface area contributed by atoms with Gasteiger partial charge in [0, 0.05) is 0 Å². The lowest BCUT2D eigenvalue weighted by molar-refractivity contribution is 0.0601. The summed E-state index contributed by atoms with van der Waals surface area (Å²) in [5.41, 5.74) is 5.00. The number of rotatable bonds is 3. The first kappa shape index (κ1) is 17.5. The standard InChI is InChI=1S/C23H26O2/c1-16-6-5-13-23(2,3)21(16)12-8-17-7-9-19-15-20(22(24)25-4)11-10-18(19)14-17/h7-12,14-15H,5-6,13H2,1-4H3. The van der Waals surface area contributed by atoms with Crippen molar-refractivity contribution in [2.45, 2.75) is 40.0 Å². The van der Waals surface area contributed by atoms with Gasteiger partial charge in [0.2, 0.25) is 0 Å². The Kier molecular flexibility index (Phi) is 4.80. The molecule has 0 fully saturated rings. The summed E-state index contributed by atoms with van der Waals surface area (Å²) >= 11 is 0. The molecule has 2 aromatic rings. The Hall–Kier alpha value is -2.35. The molecule has 0 atom stereocenters. The minimum atomic E-state index is -0.298. The smallest absolute Gasteiger partial charge is 0.337 e. The van der Waals surface area contributed by atoms with Crippen molar-refractivity contribution in [2.24, 2.45) is 5.41 Å². The third kappa shape index (κ3) is 3.68. The van der Waals surface area contributed by atoms with Gasteiger partial charge in [0.05, 0.1) is 12.7 Å². The van der Waals surface area contributed by atoms with Gasteiger partial charge >= 0.3 is 5.97 Å². The zero-order chi connectivity index (χ0) is 18.0. The van der Waals surface area contributed by atoms with E-state index in [1.165, 1.54) is 43.1 Å². The number of ether oxygens (including phenoxy) is 1. The maximum atomic E-state index is 11.7. The van der Waals surface area contributed by atoms with Gasteiger partial charge in [-0.25, -0.2) is 4.79 Å². The molecule has 1 aliphatic rings. The molecule has 1 aliphatic carbocycles. The third-order valence-electron chi connectivity index (χ3n) is 5.27. The van der Waals surface area contributed by atoms with Gasteiger partial charge in [-0.1, -0.05) is 49.8 Å². The van der Waals surface area contributed by atoms with Crippen LogP contribution in [0, 0.1) is 5.41 Å². The summed E-state index contributed by atoms with van der Waals surface area (Å²) in [6.07, 6.45) is 8.24. The van der Waals surface area contributed by atoms with E-state index in [-0.39, 0.29) is 11.4 Å². The number of carbonyl (C=O) groups is 1. The van der Waals surface area contributed by atoms with E-state index < -0.39 is 0 Å². The van der Waals surface area contributed by atoms with Gasteiger partial charge in [-0.2, -0.15) is 0 Å². The largest absolute Gasteiger partial charge is 0.465 e. The van der Waals surface area contributed by atoms with Crippen LogP contribution >= 0.6 is 0 Å². The van der Waals surface area contributed by atoms with Crippen molar-refractivity contribution >= 4 is 22.8 Å². The van der Waals surface area contributed by atoms with Crippen LogP contribution < -0.4 is 0 Å². The van der Waals surface area contributed by atoms with E-state index >= 15 is 0 Å². The number of methoxy groups -OCH3 is 1. The number of carbonyl (C=O) groups excluding carboxylic acids is 1. The van der Waals surface area contributed by atoms with Crippen molar-refractivity contribution in [2.75, 3.05) is 7.11 Å². The van der Waals surface area contributed by atoms with Crippen molar-refractivity contribution < 1.29 is 9.53 Å². The van der Waals surface area contributed by atoms with Crippen molar-refractivity contribution in [3.05, 3.63) is 64.7 Å². The quantitative estimate of drug-likeness (QED) is 0.628. The minimum Gasteiger partial charge on any atom is -0.465 e. The molecule has 2 nitrogen and oxygen atoms in total. The molecule has 0 N–H and O–H groups in total. The number of hydrogen-bond donors (Lipinski definition) is 0. The van der Waals surface area contributed by atoms with Crippen molar-refractivity contribution in [3.8, 4) is 0 Å². The second-order valence-electron chi connectivity index (χ2n) is 7.58. The van der Waals surface area contributed by atoms with E-state index in [1.54, 1.807) is 0 Å². The van der Waals surface area contributed by atoms with Gasteiger partial charge in [0.25, 0.3) is 0 Å². The van der Waals surface area contributed by atoms with Crippen LogP contribution in [0.5, 0.6) is 0 Å². The van der Waals surface area contributed by atoms with Crippen LogP contribution in [0.15, 0.2) is 53.6 Å². The molecule has 2 heteroatoms. The Morgan fingerprint density at radius 1 is 1.08 bits per heavy atom. The fraction of sp³-hybridized carbons (Fsp3) is 0.348. The highest BCUT2D eigenvalue weighted by Crippen LogP contribution is 2.41. The number of hydrogen-bond acceptors (Lipinski definition) is 2. The Labute approximate surface area is 150 Å². The van der Waals surface area contributed by atoms with E-state index in [4.69, 9.17) is 4.74 Å². The molecule has 0 saturated heterocycles. The molecule has 0 bridgehead atoms. The molecule has 0 heterocycles. The molecule has 0 amide bonds. The van der Waals surface area contributed by atoms with Crippen LogP contribution in [-0.4, -0.2) is 13.1 Å². The Morgan fingerprint density at radius 2 is 1.80 bits per heavy atom. The van der Waals surface area contributed by atoms with Gasteiger partial charge in [0.15, 0.2) is 0 Å². The fourth-order valence-corrected chi connectivity index (χ4v) is 3.80. The van der Waals surface area contributed by atoms with Crippen LogP contribution in [-0.2, 0) is 4.74 Å². The maximum Gasteiger partial charge on any atom is 0.337 e. The van der Waals surface area contributed by atoms with Crippen molar-refractivity contribution in [3.63, 3.8) is 0 Å². The zero-order valence-corrected chi connectivity index (χ0v) is 15.6. The van der Waals surface area contributed by atoms with Crippen LogP contribution in [0.4, 0.5) is 0 Å². The highest BCUT2D eigenvalue weighted by Gasteiger charge is 2.26. The first-order chi connectivity index (χ1) is 11.9. The number of fused-ring (bicyclic) bond motifs is 1. The van der Waals surface area contributed by atoms with Crippen LogP contribution in [0.3, 0.4) is 0 Å². The van der Waals surface area contributed by atoms with Gasteiger partial charge in [-0.15, -0.1) is 0 Å². The lowest BCUT2D eigenvalue weighted by Crippen LogP contribution is -2.18. The molecular weight excluding hydrogens is 308 g/mol. The van der Waals surface area contributed by atoms with Gasteiger partial charge < -0.3 is 4.74 Å². The van der Waals surface area contributed by atoms with Crippen LogP contribution in [0.2, 0.25) is 0 Å². The first-order valence-corrected chi connectivity index (χ1v) is 8.91. The highest BCUT2D eigenvalue weighted by atomic mass is 16.5. The van der Waals surface area contributed by atoms with Gasteiger partial charge in [0.1, 0.15) is 0 Å². The normalized spacial score (nSPS) is 17.3. The molecule has 3 rings (SSSR count). The molecule has 0 saturated carbocycles. The van der Waals surface area contributed by atoms with E-state index in [2.05, 4.69) is 51.1 Å². The Bertz CT molecular complexity index is 869. The third-order valence-corrected chi connectivity index (χ3v) is 5.27. The van der Waals surface area contributed by atoms with Gasteiger partial charge in [-0.05, 0) is 71.7 Å². The summed E-state index contributed by atoms with van der Waals surface area (Å²) in [6, 6.07) is 12.0. The lowest BCUT2D eigenvalue weighted by atomic mass is 9.72. The SMILES string of the molecule is COC(=O)c1ccc2cc(C=CC3=C(C)CCCC3(C)C)ccc2c1. The molecule has 0 spiro atoms. The average molecular weight is 334 g/mol. The topological polar surface area (TPSA) is 26.3 Å². The molecule has 0 unspecified atom stereocenters. The lowest BCUT2D eigenvalue weighted by Gasteiger charge is -2.32. The maximum absolute atomic E-state index is 11.7. The highest BCUT2D eigenvalue weighted by molar-refractivity contribution is 5.95. The summed E-state index contributed by atoms with van der Waals surface area (Å²) < 4.78 is 4.79. The average Bonchev–Trinajstić information content (AvgIpc) is 2.59. The molecule has 0 radical (unpaired) electrons.